The zero-order chi connectivity index (χ0) is 10.6. The number of carbonyl (C=O) groups excluding carboxylic acids is 1. The second-order valence-corrected chi connectivity index (χ2v) is 2.72. The molecule has 0 bridgehead atoms. The molecule has 0 saturated carbocycles. The molecule has 0 aliphatic rings. The van der Waals surface area contributed by atoms with Crippen molar-refractivity contribution in [1.82, 2.24) is 0 Å². The highest BCUT2D eigenvalue weighted by Crippen LogP contribution is 2.14. The second kappa shape index (κ2) is 4.69. The monoisotopic (exact) mass is 198 g/mol. The summed E-state index contributed by atoms with van der Waals surface area (Å²) in [5.74, 6) is -0.941. The lowest BCUT2D eigenvalue weighted by Gasteiger charge is -2.05. The van der Waals surface area contributed by atoms with Crippen molar-refractivity contribution in [3.05, 3.63) is 29.6 Å². The summed E-state index contributed by atoms with van der Waals surface area (Å²) in [6.45, 7) is -0.514. The molecule has 4 nitrogen and oxygen atoms in total. The molecule has 14 heavy (non-hydrogen) atoms. The number of aliphatic hydroxyl groups excluding tert-OH is 1. The van der Waals surface area contributed by atoms with Crippen LogP contribution < -0.4 is 11.1 Å². The van der Waals surface area contributed by atoms with Crippen LogP contribution >= 0.6 is 0 Å². The van der Waals surface area contributed by atoms with Crippen LogP contribution in [0.25, 0.3) is 0 Å². The fourth-order valence-electron chi connectivity index (χ4n) is 0.965. The Kier molecular flexibility index (Phi) is 3.55. The number of nitrogens with two attached hydrogens (primary N) is 1. The van der Waals surface area contributed by atoms with E-state index in [9.17, 15) is 9.18 Å². The largest absolute Gasteiger partial charge is 0.392 e. The summed E-state index contributed by atoms with van der Waals surface area (Å²) in [6.07, 6.45) is 0. The highest BCUT2D eigenvalue weighted by Gasteiger charge is 2.04. The molecule has 1 amide bonds. The van der Waals surface area contributed by atoms with E-state index < -0.39 is 5.82 Å². The van der Waals surface area contributed by atoms with Crippen molar-refractivity contribution in [1.29, 1.82) is 0 Å². The summed E-state index contributed by atoms with van der Waals surface area (Å²) in [5.41, 5.74) is 5.59. The molecule has 0 aliphatic carbocycles. The average Bonchev–Trinajstić information content (AvgIpc) is 2.18. The minimum Gasteiger partial charge on any atom is -0.392 e. The van der Waals surface area contributed by atoms with Gasteiger partial charge in [0, 0.05) is 11.3 Å². The van der Waals surface area contributed by atoms with Gasteiger partial charge in [-0.3, -0.25) is 4.79 Å². The number of hydrogen-bond acceptors (Lipinski definition) is 3. The summed E-state index contributed by atoms with van der Waals surface area (Å²) >= 11 is 0. The van der Waals surface area contributed by atoms with Gasteiger partial charge in [0.15, 0.2) is 0 Å². The lowest BCUT2D eigenvalue weighted by molar-refractivity contribution is -0.114. The van der Waals surface area contributed by atoms with Gasteiger partial charge in [-0.05, 0) is 12.1 Å². The zero-order valence-electron chi connectivity index (χ0n) is 7.46. The minimum absolute atomic E-state index is 0.149. The quantitative estimate of drug-likeness (QED) is 0.650. The number of halogens is 1. The first-order valence-corrected chi connectivity index (χ1v) is 4.06. The highest BCUT2D eigenvalue weighted by molar-refractivity contribution is 5.92. The summed E-state index contributed by atoms with van der Waals surface area (Å²) in [7, 11) is 0. The molecule has 0 heterocycles. The Morgan fingerprint density at radius 1 is 1.57 bits per heavy atom. The number of amides is 1. The van der Waals surface area contributed by atoms with E-state index in [2.05, 4.69) is 5.32 Å². The van der Waals surface area contributed by atoms with E-state index >= 15 is 0 Å². The molecule has 1 rings (SSSR count). The molecular weight excluding hydrogens is 187 g/mol. The van der Waals surface area contributed by atoms with E-state index in [0.29, 0.717) is 5.69 Å². The van der Waals surface area contributed by atoms with Crippen LogP contribution in [0.1, 0.15) is 5.56 Å². The van der Waals surface area contributed by atoms with E-state index in [0.717, 1.165) is 6.07 Å². The molecule has 0 aromatic heterocycles. The molecule has 76 valence electrons. The third-order valence-corrected chi connectivity index (χ3v) is 1.69. The van der Waals surface area contributed by atoms with Gasteiger partial charge in [0.05, 0.1) is 13.2 Å². The van der Waals surface area contributed by atoms with Crippen LogP contribution in [-0.4, -0.2) is 17.6 Å². The molecular formula is C9H11FN2O2. The van der Waals surface area contributed by atoms with Gasteiger partial charge in [0.25, 0.3) is 0 Å². The third-order valence-electron chi connectivity index (χ3n) is 1.69. The van der Waals surface area contributed by atoms with Gasteiger partial charge in [-0.1, -0.05) is 6.07 Å². The van der Waals surface area contributed by atoms with Crippen molar-refractivity contribution in [2.24, 2.45) is 5.73 Å². The molecule has 1 aromatic carbocycles. The van der Waals surface area contributed by atoms with Gasteiger partial charge in [-0.2, -0.15) is 0 Å². The zero-order valence-corrected chi connectivity index (χ0v) is 7.46. The maximum atomic E-state index is 13.1. The van der Waals surface area contributed by atoms with Crippen molar-refractivity contribution in [2.75, 3.05) is 11.9 Å². The molecule has 0 radical (unpaired) electrons. The van der Waals surface area contributed by atoms with Crippen LogP contribution in [-0.2, 0) is 11.4 Å². The maximum Gasteiger partial charge on any atom is 0.238 e. The number of carbonyl (C=O) groups is 1. The van der Waals surface area contributed by atoms with Gasteiger partial charge in [0.1, 0.15) is 5.82 Å². The van der Waals surface area contributed by atoms with Gasteiger partial charge in [-0.25, -0.2) is 4.39 Å². The van der Waals surface area contributed by atoms with E-state index in [1.54, 1.807) is 0 Å². The lowest BCUT2D eigenvalue weighted by atomic mass is 10.2. The molecule has 0 unspecified atom stereocenters. The average molecular weight is 198 g/mol. The smallest absolute Gasteiger partial charge is 0.238 e. The Morgan fingerprint density at radius 2 is 2.29 bits per heavy atom. The van der Waals surface area contributed by atoms with E-state index in [1.165, 1.54) is 12.1 Å². The van der Waals surface area contributed by atoms with E-state index in [-0.39, 0.29) is 24.6 Å². The third kappa shape index (κ3) is 2.51. The van der Waals surface area contributed by atoms with Crippen LogP contribution in [0.2, 0.25) is 0 Å². The first kappa shape index (κ1) is 10.6. The van der Waals surface area contributed by atoms with Crippen molar-refractivity contribution in [3.8, 4) is 0 Å². The van der Waals surface area contributed by atoms with Crippen LogP contribution in [0.5, 0.6) is 0 Å². The minimum atomic E-state index is -0.553. The van der Waals surface area contributed by atoms with Crippen LogP contribution in [0.15, 0.2) is 18.2 Å². The molecule has 5 heteroatoms. The van der Waals surface area contributed by atoms with E-state index in [4.69, 9.17) is 10.8 Å². The molecule has 0 spiro atoms. The Bertz CT molecular complexity index is 342. The Balaban J connectivity index is 2.81. The Hall–Kier alpha value is -1.46. The second-order valence-electron chi connectivity index (χ2n) is 2.72. The number of anilines is 1. The molecule has 1 aromatic rings. The van der Waals surface area contributed by atoms with Gasteiger partial charge in [0.2, 0.25) is 5.91 Å². The number of rotatable bonds is 3. The van der Waals surface area contributed by atoms with Crippen molar-refractivity contribution in [2.45, 2.75) is 6.61 Å². The summed E-state index contributed by atoms with van der Waals surface area (Å²) in [6, 6.07) is 4.04. The SMILES string of the molecule is NCC(=O)Nc1ccc(CO)c(F)c1. The number of nitrogens with one attached hydrogen (secondary N) is 1. The molecule has 0 fully saturated rings. The topological polar surface area (TPSA) is 75.4 Å². The molecule has 0 atom stereocenters. The molecule has 0 saturated heterocycles. The summed E-state index contributed by atoms with van der Waals surface area (Å²) < 4.78 is 13.1. The fourth-order valence-corrected chi connectivity index (χ4v) is 0.965. The van der Waals surface area contributed by atoms with Crippen molar-refractivity contribution >= 4 is 11.6 Å². The first-order chi connectivity index (χ1) is 6.67. The van der Waals surface area contributed by atoms with Crippen LogP contribution in [0, 0.1) is 5.82 Å². The number of benzene rings is 1. The lowest BCUT2D eigenvalue weighted by Crippen LogP contribution is -2.21. The van der Waals surface area contributed by atoms with Crippen molar-refractivity contribution < 1.29 is 14.3 Å². The predicted molar refractivity (Wildman–Crippen MR) is 50.0 cm³/mol. The standard InChI is InChI=1S/C9H11FN2O2/c10-8-3-7(12-9(14)4-11)2-1-6(8)5-13/h1-3,13H,4-5,11H2,(H,12,14). The number of aliphatic hydroxyl groups is 1. The normalized spacial score (nSPS) is 9.93. The maximum absolute atomic E-state index is 13.1. The van der Waals surface area contributed by atoms with Gasteiger partial charge < -0.3 is 16.2 Å². The fraction of sp³-hybridized carbons (Fsp3) is 0.222. The molecule has 4 N–H and O–H groups in total. The summed E-state index contributed by atoms with van der Waals surface area (Å²) in [4.78, 5) is 10.8. The van der Waals surface area contributed by atoms with E-state index in [1.807, 2.05) is 0 Å². The number of hydrogen-bond donors (Lipinski definition) is 3. The van der Waals surface area contributed by atoms with Crippen molar-refractivity contribution in [3.63, 3.8) is 0 Å². The molecule has 0 aliphatic heterocycles. The van der Waals surface area contributed by atoms with Gasteiger partial charge >= 0.3 is 0 Å². The predicted octanol–water partition coefficient (Wildman–Crippen LogP) is 0.215. The Labute approximate surface area is 80.5 Å². The Morgan fingerprint density at radius 3 is 2.79 bits per heavy atom. The summed E-state index contributed by atoms with van der Waals surface area (Å²) in [5, 5.41) is 11.1. The first-order valence-electron chi connectivity index (χ1n) is 4.06. The van der Waals surface area contributed by atoms with Gasteiger partial charge in [-0.15, -0.1) is 0 Å². The highest BCUT2D eigenvalue weighted by atomic mass is 19.1. The van der Waals surface area contributed by atoms with Crippen LogP contribution in [0.4, 0.5) is 10.1 Å². The van der Waals surface area contributed by atoms with Crippen LogP contribution in [0.3, 0.4) is 0 Å².